The first-order valence-corrected chi connectivity index (χ1v) is 7.42. The van der Waals surface area contributed by atoms with E-state index >= 15 is 0 Å². The van der Waals surface area contributed by atoms with Gasteiger partial charge in [0, 0.05) is 11.6 Å². The first-order valence-electron chi connectivity index (χ1n) is 6.66. The lowest BCUT2D eigenvalue weighted by atomic mass is 9.79. The van der Waals surface area contributed by atoms with Crippen LogP contribution in [-0.2, 0) is 6.42 Å². The highest BCUT2D eigenvalue weighted by atomic mass is 35.5. The van der Waals surface area contributed by atoms with Crippen molar-refractivity contribution in [3.63, 3.8) is 0 Å². The van der Waals surface area contributed by atoms with Gasteiger partial charge in [-0.15, -0.1) is 0 Å². The summed E-state index contributed by atoms with van der Waals surface area (Å²) in [7, 11) is -1.65. The summed E-state index contributed by atoms with van der Waals surface area (Å²) in [5, 5.41) is 21.9. The van der Waals surface area contributed by atoms with E-state index in [0.29, 0.717) is 18.0 Å². The Morgan fingerprint density at radius 1 is 1.09 bits per heavy atom. The molecule has 3 N–H and O–H groups in total. The fourth-order valence-electron chi connectivity index (χ4n) is 1.98. The zero-order valence-corrected chi connectivity index (χ0v) is 13.1. The Bertz CT molecular complexity index is 680. The van der Waals surface area contributed by atoms with Gasteiger partial charge in [0.05, 0.1) is 10.6 Å². The van der Waals surface area contributed by atoms with E-state index in [4.69, 9.17) is 33.2 Å². The summed E-state index contributed by atoms with van der Waals surface area (Å²) in [5.74, 6) is -0.375. The maximum absolute atomic E-state index is 12.1. The van der Waals surface area contributed by atoms with Crippen LogP contribution in [0.5, 0.6) is 0 Å². The van der Waals surface area contributed by atoms with E-state index in [-0.39, 0.29) is 22.0 Å². The highest BCUT2D eigenvalue weighted by Gasteiger charge is 2.16. The van der Waals surface area contributed by atoms with Crippen molar-refractivity contribution in [1.82, 2.24) is 5.32 Å². The molecular weight excluding hydrogens is 324 g/mol. The van der Waals surface area contributed by atoms with Gasteiger partial charge in [0.25, 0.3) is 5.91 Å². The van der Waals surface area contributed by atoms with Crippen molar-refractivity contribution >= 4 is 41.7 Å². The van der Waals surface area contributed by atoms with Gasteiger partial charge in [-0.2, -0.15) is 0 Å². The minimum absolute atomic E-state index is 0.200. The molecule has 114 valence electrons. The summed E-state index contributed by atoms with van der Waals surface area (Å²) in [6.07, 6.45) is 0.589. The van der Waals surface area contributed by atoms with E-state index in [1.165, 1.54) is 18.2 Å². The number of hydrogen-bond donors (Lipinski definition) is 3. The largest absolute Gasteiger partial charge is 0.488 e. The van der Waals surface area contributed by atoms with E-state index in [9.17, 15) is 4.79 Å². The van der Waals surface area contributed by atoms with E-state index in [2.05, 4.69) is 5.32 Å². The van der Waals surface area contributed by atoms with Crippen LogP contribution in [-0.4, -0.2) is 29.6 Å². The second kappa shape index (κ2) is 7.65. The molecule has 22 heavy (non-hydrogen) atoms. The molecule has 0 atom stereocenters. The van der Waals surface area contributed by atoms with Gasteiger partial charge < -0.3 is 15.4 Å². The average molecular weight is 338 g/mol. The Labute approximate surface area is 138 Å². The van der Waals surface area contributed by atoms with Crippen LogP contribution in [0.15, 0.2) is 42.5 Å². The van der Waals surface area contributed by atoms with Crippen LogP contribution in [0, 0.1) is 0 Å². The maximum Gasteiger partial charge on any atom is 0.488 e. The van der Waals surface area contributed by atoms with Gasteiger partial charge in [0.15, 0.2) is 0 Å². The van der Waals surface area contributed by atoms with Crippen molar-refractivity contribution in [1.29, 1.82) is 0 Å². The maximum atomic E-state index is 12.1. The highest BCUT2D eigenvalue weighted by molar-refractivity contribution is 6.58. The predicted octanol–water partition coefficient (Wildman–Crippen LogP) is 1.65. The predicted molar refractivity (Wildman–Crippen MR) is 88.8 cm³/mol. The molecule has 0 fully saturated rings. The fraction of sp³-hybridized carbons (Fsp3) is 0.133. The molecule has 0 unspecified atom stereocenters. The summed E-state index contributed by atoms with van der Waals surface area (Å²) in [4.78, 5) is 12.1. The molecule has 0 saturated heterocycles. The molecule has 0 heterocycles. The van der Waals surface area contributed by atoms with Gasteiger partial charge in [-0.3, -0.25) is 4.79 Å². The summed E-state index contributed by atoms with van der Waals surface area (Å²) in [6, 6.07) is 11.7. The van der Waals surface area contributed by atoms with Crippen molar-refractivity contribution < 1.29 is 14.8 Å². The third-order valence-electron chi connectivity index (χ3n) is 3.17. The van der Waals surface area contributed by atoms with E-state index < -0.39 is 7.12 Å². The van der Waals surface area contributed by atoms with E-state index in [0.717, 1.165) is 5.56 Å². The van der Waals surface area contributed by atoms with Crippen LogP contribution in [0.2, 0.25) is 10.0 Å². The molecule has 7 heteroatoms. The van der Waals surface area contributed by atoms with Crippen LogP contribution in [0.3, 0.4) is 0 Å². The van der Waals surface area contributed by atoms with Crippen LogP contribution >= 0.6 is 23.2 Å². The van der Waals surface area contributed by atoms with Crippen molar-refractivity contribution in [2.24, 2.45) is 0 Å². The number of benzene rings is 2. The highest BCUT2D eigenvalue weighted by Crippen LogP contribution is 2.16. The molecule has 2 aromatic rings. The van der Waals surface area contributed by atoms with Gasteiger partial charge in [-0.25, -0.2) is 0 Å². The molecular formula is C15H14BCl2NO3. The van der Waals surface area contributed by atoms with Gasteiger partial charge in [-0.05, 0) is 35.6 Å². The molecule has 0 aliphatic heterocycles. The third-order valence-corrected chi connectivity index (χ3v) is 3.87. The van der Waals surface area contributed by atoms with Gasteiger partial charge >= 0.3 is 7.12 Å². The second-order valence-electron chi connectivity index (χ2n) is 4.71. The number of carbonyl (C=O) groups excluding carboxylic acids is 1. The summed E-state index contributed by atoms with van der Waals surface area (Å²) < 4.78 is 0. The standard InChI is InChI=1S/C15H14BCl2NO3/c17-13-4-2-1-3-10(13)7-8-19-15(20)12-9-11(16(21)22)5-6-14(12)18/h1-6,9,21-22H,7-8H2,(H,19,20). The summed E-state index contributed by atoms with van der Waals surface area (Å²) in [6.45, 7) is 0.394. The van der Waals surface area contributed by atoms with Crippen molar-refractivity contribution in [2.75, 3.05) is 6.54 Å². The number of hydrogen-bond acceptors (Lipinski definition) is 3. The lowest BCUT2D eigenvalue weighted by molar-refractivity contribution is 0.0954. The molecule has 0 spiro atoms. The molecule has 0 aliphatic rings. The SMILES string of the molecule is O=C(NCCc1ccccc1Cl)c1cc(B(O)O)ccc1Cl. The molecule has 4 nitrogen and oxygen atoms in total. The molecule has 0 radical (unpaired) electrons. The molecule has 2 rings (SSSR count). The second-order valence-corrected chi connectivity index (χ2v) is 5.52. The Morgan fingerprint density at radius 3 is 2.50 bits per heavy atom. The number of rotatable bonds is 5. The topological polar surface area (TPSA) is 69.6 Å². The van der Waals surface area contributed by atoms with Crippen LogP contribution in [0.4, 0.5) is 0 Å². The Balaban J connectivity index is 2.01. The molecule has 0 bridgehead atoms. The van der Waals surface area contributed by atoms with Gasteiger partial charge in [0.1, 0.15) is 0 Å². The summed E-state index contributed by atoms with van der Waals surface area (Å²) >= 11 is 12.0. The third kappa shape index (κ3) is 4.24. The summed E-state index contributed by atoms with van der Waals surface area (Å²) in [5.41, 5.74) is 1.35. The minimum atomic E-state index is -1.65. The van der Waals surface area contributed by atoms with Crippen molar-refractivity contribution in [3.05, 3.63) is 63.6 Å². The van der Waals surface area contributed by atoms with Crippen molar-refractivity contribution in [3.8, 4) is 0 Å². The first kappa shape index (κ1) is 16.8. The number of halogens is 2. The lowest BCUT2D eigenvalue weighted by Crippen LogP contribution is -2.32. The zero-order valence-electron chi connectivity index (χ0n) is 11.6. The Kier molecular flexibility index (Phi) is 5.86. The van der Waals surface area contributed by atoms with Gasteiger partial charge in [0.2, 0.25) is 0 Å². The van der Waals surface area contributed by atoms with E-state index in [1.807, 2.05) is 18.2 Å². The number of nitrogens with one attached hydrogen (secondary N) is 1. The zero-order chi connectivity index (χ0) is 16.1. The number of amides is 1. The lowest BCUT2D eigenvalue weighted by Gasteiger charge is -2.09. The Morgan fingerprint density at radius 2 is 1.82 bits per heavy atom. The monoisotopic (exact) mass is 337 g/mol. The molecule has 1 amide bonds. The van der Waals surface area contributed by atoms with Gasteiger partial charge in [-0.1, -0.05) is 47.5 Å². The molecule has 2 aromatic carbocycles. The molecule has 0 aliphatic carbocycles. The first-order chi connectivity index (χ1) is 10.5. The average Bonchev–Trinajstić information content (AvgIpc) is 2.49. The minimum Gasteiger partial charge on any atom is -0.423 e. The smallest absolute Gasteiger partial charge is 0.423 e. The van der Waals surface area contributed by atoms with Crippen LogP contribution in [0.1, 0.15) is 15.9 Å². The number of carbonyl (C=O) groups is 1. The molecule has 0 aromatic heterocycles. The quantitative estimate of drug-likeness (QED) is 0.726. The van der Waals surface area contributed by atoms with Crippen LogP contribution in [0.25, 0.3) is 0 Å². The fourth-order valence-corrected chi connectivity index (χ4v) is 2.42. The van der Waals surface area contributed by atoms with E-state index in [1.54, 1.807) is 6.07 Å². The van der Waals surface area contributed by atoms with Crippen molar-refractivity contribution in [2.45, 2.75) is 6.42 Å². The van der Waals surface area contributed by atoms with Crippen LogP contribution < -0.4 is 10.8 Å². The Hall–Kier alpha value is -1.53. The molecule has 0 saturated carbocycles. The normalized spacial score (nSPS) is 10.4.